The predicted octanol–water partition coefficient (Wildman–Crippen LogP) is 1.45. The highest BCUT2D eigenvalue weighted by Crippen LogP contribution is 2.70. The quantitative estimate of drug-likeness (QED) is 0.704. The molecule has 0 aromatic rings. The zero-order valence-electron chi connectivity index (χ0n) is 18.2. The Bertz CT molecular complexity index is 725. The molecule has 29 heavy (non-hydrogen) atoms. The Morgan fingerprint density at radius 1 is 1.31 bits per heavy atom. The van der Waals surface area contributed by atoms with E-state index in [0.717, 1.165) is 31.7 Å². The molecule has 3 aliphatic carbocycles. The van der Waals surface area contributed by atoms with Crippen molar-refractivity contribution in [1.82, 2.24) is 13.9 Å². The first-order valence-corrected chi connectivity index (χ1v) is 11.9. The minimum Gasteiger partial charge on any atom is -0.340 e. The summed E-state index contributed by atoms with van der Waals surface area (Å²) in [6.45, 7) is 8.77. The summed E-state index contributed by atoms with van der Waals surface area (Å²) in [4.78, 5) is 12.7. The highest BCUT2D eigenvalue weighted by molar-refractivity contribution is 7.87. The maximum absolute atomic E-state index is 11.8. The summed E-state index contributed by atoms with van der Waals surface area (Å²) in [6.07, 6.45) is 8.14. The second kappa shape index (κ2) is 8.88. The number of likely N-dealkylation sites (tertiary alicyclic amines) is 1. The molecule has 1 amide bonds. The first-order chi connectivity index (χ1) is 13.5. The number of nitrogens with two attached hydrogens (primary N) is 1. The molecule has 0 radical (unpaired) electrons. The van der Waals surface area contributed by atoms with Gasteiger partial charge >= 0.3 is 0 Å². The van der Waals surface area contributed by atoms with Gasteiger partial charge in [-0.15, -0.1) is 0 Å². The predicted molar refractivity (Wildman–Crippen MR) is 113 cm³/mol. The van der Waals surface area contributed by atoms with Gasteiger partial charge in [-0.25, -0.2) is 9.98 Å². The third-order valence-electron chi connectivity index (χ3n) is 7.52. The summed E-state index contributed by atoms with van der Waals surface area (Å²) in [7, 11) is -0.193. The molecule has 1 spiro atoms. The van der Waals surface area contributed by atoms with Crippen LogP contribution in [0.4, 0.5) is 0 Å². The lowest BCUT2D eigenvalue weighted by Crippen LogP contribution is -2.49. The van der Waals surface area contributed by atoms with Crippen LogP contribution < -0.4 is 10.5 Å². The van der Waals surface area contributed by atoms with Crippen LogP contribution in [0.15, 0.2) is 0 Å². The van der Waals surface area contributed by atoms with Crippen LogP contribution >= 0.6 is 0 Å². The first kappa shape index (κ1) is 24.1. The van der Waals surface area contributed by atoms with Crippen molar-refractivity contribution < 1.29 is 13.2 Å². The Balaban J connectivity index is 0.000000231. The third-order valence-corrected chi connectivity index (χ3v) is 9.01. The molecule has 0 aromatic carbocycles. The molecule has 2 bridgehead atoms. The molecule has 5 unspecified atom stereocenters. The molecule has 1 aliphatic heterocycles. The minimum atomic E-state index is -3.30. The van der Waals surface area contributed by atoms with Crippen molar-refractivity contribution in [3.63, 3.8) is 0 Å². The summed E-state index contributed by atoms with van der Waals surface area (Å²) < 4.78 is 27.5. The number of rotatable bonds is 4. The van der Waals surface area contributed by atoms with Crippen molar-refractivity contribution in [3.05, 3.63) is 0 Å². The molecule has 5 atom stereocenters. The zero-order valence-corrected chi connectivity index (χ0v) is 19.0. The number of nitrogens with zero attached hydrogens (tertiary/aromatic N) is 3. The molecule has 4 rings (SSSR count). The summed E-state index contributed by atoms with van der Waals surface area (Å²) in [5, 5.41) is 6.50. The van der Waals surface area contributed by atoms with E-state index in [-0.39, 0.29) is 11.4 Å². The Hall–Kier alpha value is -1.21. The van der Waals surface area contributed by atoms with Crippen molar-refractivity contribution in [2.24, 2.45) is 23.0 Å². The molecule has 8 nitrogen and oxygen atoms in total. The number of nitrogens with one attached hydrogen (secondary N) is 1. The highest BCUT2D eigenvalue weighted by atomic mass is 32.2. The van der Waals surface area contributed by atoms with Gasteiger partial charge in [-0.2, -0.15) is 12.7 Å². The largest absolute Gasteiger partial charge is 0.340 e. The topological polar surface area (TPSA) is 120 Å². The van der Waals surface area contributed by atoms with Gasteiger partial charge in [0.2, 0.25) is 5.91 Å². The number of fused-ring (bicyclic) bond motifs is 1. The number of hydrogen-bond donors (Lipinski definition) is 2. The Morgan fingerprint density at radius 2 is 1.97 bits per heavy atom. The van der Waals surface area contributed by atoms with E-state index in [1.807, 2.05) is 4.90 Å². The van der Waals surface area contributed by atoms with Crippen molar-refractivity contribution in [1.29, 1.82) is 5.26 Å². The summed E-state index contributed by atoms with van der Waals surface area (Å²) >= 11 is 0. The van der Waals surface area contributed by atoms with Crippen LogP contribution in [0.25, 0.3) is 0 Å². The van der Waals surface area contributed by atoms with Crippen LogP contribution in [-0.2, 0) is 15.0 Å². The Kier molecular flexibility index (Phi) is 7.37. The SMILES string of the molecule is C#N.CC(=O)N1CCCC1C.CN(C)S(=O)(=O)NCC1CC2(N)CC3CCC31C2. The second-order valence-corrected chi connectivity index (χ2v) is 11.4. The second-order valence-electron chi connectivity index (χ2n) is 9.45. The lowest BCUT2D eigenvalue weighted by atomic mass is 9.55. The number of nitriles is 1. The minimum absolute atomic E-state index is 0.00457. The van der Waals surface area contributed by atoms with E-state index in [4.69, 9.17) is 11.0 Å². The lowest BCUT2D eigenvalue weighted by molar-refractivity contribution is -0.129. The van der Waals surface area contributed by atoms with E-state index >= 15 is 0 Å². The average Bonchev–Trinajstić information content (AvgIpc) is 3.27. The van der Waals surface area contributed by atoms with Crippen LogP contribution in [0.2, 0.25) is 0 Å². The van der Waals surface area contributed by atoms with Gasteiger partial charge in [0.15, 0.2) is 0 Å². The number of carbonyl (C=O) groups is 1. The number of carbonyl (C=O) groups excluding carboxylic acids is 1. The summed E-state index contributed by atoms with van der Waals surface area (Å²) in [5.74, 6) is 1.41. The van der Waals surface area contributed by atoms with E-state index in [9.17, 15) is 13.2 Å². The molecule has 1 heterocycles. The fourth-order valence-electron chi connectivity index (χ4n) is 6.02. The van der Waals surface area contributed by atoms with Gasteiger partial charge in [-0.05, 0) is 69.1 Å². The summed E-state index contributed by atoms with van der Waals surface area (Å²) in [5.41, 5.74) is 6.78. The molecular weight excluding hydrogens is 390 g/mol. The monoisotopic (exact) mass is 427 g/mol. The van der Waals surface area contributed by atoms with Crippen LogP contribution in [0.5, 0.6) is 0 Å². The maximum Gasteiger partial charge on any atom is 0.278 e. The maximum atomic E-state index is 11.8. The fraction of sp³-hybridized carbons (Fsp3) is 0.900. The van der Waals surface area contributed by atoms with Gasteiger partial charge in [-0.1, -0.05) is 0 Å². The molecule has 4 aliphatic rings. The number of hydrogen-bond acceptors (Lipinski definition) is 5. The number of amides is 1. The fourth-order valence-corrected chi connectivity index (χ4v) is 6.69. The van der Waals surface area contributed by atoms with Crippen LogP contribution in [0.3, 0.4) is 0 Å². The van der Waals surface area contributed by atoms with E-state index < -0.39 is 10.2 Å². The molecule has 3 N–H and O–H groups in total. The van der Waals surface area contributed by atoms with E-state index in [2.05, 4.69) is 18.2 Å². The summed E-state index contributed by atoms with van der Waals surface area (Å²) in [6, 6.07) is 0.488. The van der Waals surface area contributed by atoms with Gasteiger partial charge in [0, 0.05) is 52.3 Å². The average molecular weight is 428 g/mol. The Labute approximate surface area is 176 Å². The van der Waals surface area contributed by atoms with Crippen molar-refractivity contribution in [2.75, 3.05) is 27.2 Å². The molecule has 1 saturated heterocycles. The van der Waals surface area contributed by atoms with Crippen molar-refractivity contribution in [2.45, 2.75) is 70.4 Å². The van der Waals surface area contributed by atoms with Gasteiger partial charge in [0.1, 0.15) is 0 Å². The molecule has 9 heteroatoms. The molecule has 166 valence electrons. The molecule has 3 saturated carbocycles. The van der Waals surface area contributed by atoms with Crippen molar-refractivity contribution in [3.8, 4) is 6.57 Å². The van der Waals surface area contributed by atoms with Crippen molar-refractivity contribution >= 4 is 16.1 Å². The van der Waals surface area contributed by atoms with E-state index in [1.165, 1.54) is 30.0 Å². The Morgan fingerprint density at radius 3 is 2.34 bits per heavy atom. The molecular formula is C20H37N5O3S. The van der Waals surface area contributed by atoms with Gasteiger partial charge in [0.05, 0.1) is 0 Å². The molecule has 4 fully saturated rings. The van der Waals surface area contributed by atoms with Gasteiger partial charge in [0.25, 0.3) is 10.2 Å². The highest BCUT2D eigenvalue weighted by Gasteiger charge is 2.66. The molecule has 0 aromatic heterocycles. The van der Waals surface area contributed by atoms with Crippen LogP contribution in [-0.4, -0.2) is 62.3 Å². The van der Waals surface area contributed by atoms with E-state index in [1.54, 1.807) is 21.0 Å². The zero-order chi connectivity index (χ0) is 22.0. The standard InChI is InChI=1S/C12H23N3O2S.C7H13NO.CHN/c1-15(2)18(16,17)14-7-10-6-11(13)5-9-3-4-12(9,10)8-11;1-6-4-3-5-8(6)7(2)9;1-2/h9-10,14H,3-8,13H2,1-2H3;6H,3-5H2,1-2H3;1H. The smallest absolute Gasteiger partial charge is 0.278 e. The normalized spacial score (nSPS) is 37.1. The van der Waals surface area contributed by atoms with E-state index in [0.29, 0.717) is 23.9 Å². The van der Waals surface area contributed by atoms with Crippen LogP contribution in [0, 0.1) is 29.1 Å². The van der Waals surface area contributed by atoms with Gasteiger partial charge < -0.3 is 10.6 Å². The lowest BCUT2D eigenvalue weighted by Gasteiger charge is -2.50. The first-order valence-electron chi connectivity index (χ1n) is 10.5. The third kappa shape index (κ3) is 4.76. The van der Waals surface area contributed by atoms with Gasteiger partial charge in [-0.3, -0.25) is 4.79 Å². The van der Waals surface area contributed by atoms with Crippen LogP contribution in [0.1, 0.15) is 58.8 Å².